The molecule has 106 valence electrons. The molecule has 0 heterocycles. The van der Waals surface area contributed by atoms with Crippen molar-refractivity contribution in [2.24, 2.45) is 0 Å². The molecule has 3 nitrogen and oxygen atoms in total. The molecule has 0 radical (unpaired) electrons. The molecule has 0 saturated heterocycles. The first-order valence-electron chi connectivity index (χ1n) is 7.04. The predicted molar refractivity (Wildman–Crippen MR) is 80.2 cm³/mol. The highest BCUT2D eigenvalue weighted by atomic mass is 16.3. The van der Waals surface area contributed by atoms with E-state index < -0.39 is 5.60 Å². The van der Waals surface area contributed by atoms with E-state index in [-0.39, 0.29) is 12.5 Å². The number of allylic oxidation sites excluding steroid dienone is 3. The summed E-state index contributed by atoms with van der Waals surface area (Å²) in [6, 6.07) is 7.93. The van der Waals surface area contributed by atoms with Crippen molar-refractivity contribution in [3.8, 4) is 0 Å². The number of nitrogens with one attached hydrogen (secondary N) is 1. The van der Waals surface area contributed by atoms with Gasteiger partial charge < -0.3 is 10.4 Å². The van der Waals surface area contributed by atoms with Crippen molar-refractivity contribution in [3.05, 3.63) is 59.7 Å². The van der Waals surface area contributed by atoms with Gasteiger partial charge in [0.2, 0.25) is 5.91 Å². The first kappa shape index (κ1) is 14.5. The summed E-state index contributed by atoms with van der Waals surface area (Å²) < 4.78 is 0. The Balaban J connectivity index is 2.04. The fourth-order valence-corrected chi connectivity index (χ4v) is 2.63. The highest BCUT2D eigenvalue weighted by Crippen LogP contribution is 2.34. The quantitative estimate of drug-likeness (QED) is 0.653. The molecule has 1 aliphatic rings. The van der Waals surface area contributed by atoms with Gasteiger partial charge in [-0.25, -0.2) is 0 Å². The van der Waals surface area contributed by atoms with Crippen molar-refractivity contribution in [3.63, 3.8) is 0 Å². The van der Waals surface area contributed by atoms with Crippen LogP contribution < -0.4 is 5.32 Å². The van der Waals surface area contributed by atoms with E-state index >= 15 is 0 Å². The Morgan fingerprint density at radius 3 is 3.00 bits per heavy atom. The molecule has 1 aliphatic carbocycles. The number of benzene rings is 1. The third kappa shape index (κ3) is 3.36. The number of amides is 1. The van der Waals surface area contributed by atoms with Gasteiger partial charge in [0.05, 0.1) is 6.54 Å². The Bertz CT molecular complexity index is 534. The molecule has 0 fully saturated rings. The van der Waals surface area contributed by atoms with E-state index in [1.165, 1.54) is 11.6 Å². The van der Waals surface area contributed by atoms with Crippen LogP contribution in [0.1, 0.15) is 30.9 Å². The van der Waals surface area contributed by atoms with Crippen molar-refractivity contribution in [1.29, 1.82) is 0 Å². The third-order valence-corrected chi connectivity index (χ3v) is 3.66. The van der Waals surface area contributed by atoms with Crippen LogP contribution in [0.3, 0.4) is 0 Å². The summed E-state index contributed by atoms with van der Waals surface area (Å²) >= 11 is 0. The average Bonchev–Trinajstić information content (AvgIpc) is 2.46. The monoisotopic (exact) mass is 271 g/mol. The van der Waals surface area contributed by atoms with Crippen molar-refractivity contribution >= 4 is 5.91 Å². The number of carbonyl (C=O) groups excluding carboxylic acids is 1. The smallest absolute Gasteiger partial charge is 0.244 e. The number of aliphatic hydroxyl groups is 1. The van der Waals surface area contributed by atoms with Crippen molar-refractivity contribution in [2.75, 3.05) is 6.54 Å². The minimum absolute atomic E-state index is 0.181. The van der Waals surface area contributed by atoms with Crippen LogP contribution in [0.25, 0.3) is 0 Å². The number of fused-ring (bicyclic) bond motifs is 1. The lowest BCUT2D eigenvalue weighted by Crippen LogP contribution is -2.42. The van der Waals surface area contributed by atoms with Gasteiger partial charge in [-0.15, -0.1) is 0 Å². The predicted octanol–water partition coefficient (Wildman–Crippen LogP) is 2.46. The van der Waals surface area contributed by atoms with Crippen LogP contribution in [-0.4, -0.2) is 17.6 Å². The SMILES string of the molecule is CC=CC=CC(=O)NCC1(O)CCCc2ccccc21. The molecule has 1 atom stereocenters. The summed E-state index contributed by atoms with van der Waals surface area (Å²) in [4.78, 5) is 11.7. The van der Waals surface area contributed by atoms with Gasteiger partial charge in [0, 0.05) is 6.08 Å². The van der Waals surface area contributed by atoms with Gasteiger partial charge in [-0.3, -0.25) is 4.79 Å². The second kappa shape index (κ2) is 6.53. The van der Waals surface area contributed by atoms with Crippen LogP contribution in [0.5, 0.6) is 0 Å². The topological polar surface area (TPSA) is 49.3 Å². The van der Waals surface area contributed by atoms with Crippen LogP contribution in [0.2, 0.25) is 0 Å². The Labute approximate surface area is 120 Å². The molecule has 2 rings (SSSR count). The fraction of sp³-hybridized carbons (Fsp3) is 0.353. The van der Waals surface area contributed by atoms with Gasteiger partial charge in [-0.05, 0) is 37.3 Å². The maximum Gasteiger partial charge on any atom is 0.244 e. The number of aryl methyl sites for hydroxylation is 1. The van der Waals surface area contributed by atoms with Crippen LogP contribution in [0.4, 0.5) is 0 Å². The van der Waals surface area contributed by atoms with Gasteiger partial charge in [0.1, 0.15) is 5.60 Å². The Hall–Kier alpha value is -1.87. The van der Waals surface area contributed by atoms with E-state index in [1.54, 1.807) is 12.2 Å². The lowest BCUT2D eigenvalue weighted by Gasteiger charge is -2.34. The Kier molecular flexibility index (Phi) is 4.74. The third-order valence-electron chi connectivity index (χ3n) is 3.66. The van der Waals surface area contributed by atoms with Crippen molar-refractivity contribution in [2.45, 2.75) is 31.8 Å². The minimum atomic E-state index is -0.945. The van der Waals surface area contributed by atoms with E-state index in [1.807, 2.05) is 37.3 Å². The Morgan fingerprint density at radius 1 is 1.40 bits per heavy atom. The first-order chi connectivity index (χ1) is 9.65. The second-order valence-corrected chi connectivity index (χ2v) is 5.14. The van der Waals surface area contributed by atoms with E-state index in [4.69, 9.17) is 0 Å². The van der Waals surface area contributed by atoms with Crippen LogP contribution in [0.15, 0.2) is 48.6 Å². The van der Waals surface area contributed by atoms with Crippen molar-refractivity contribution < 1.29 is 9.90 Å². The molecular weight excluding hydrogens is 250 g/mol. The summed E-state index contributed by atoms with van der Waals surface area (Å²) in [5.41, 5.74) is 1.18. The summed E-state index contributed by atoms with van der Waals surface area (Å²) in [5.74, 6) is -0.181. The molecule has 0 aliphatic heterocycles. The van der Waals surface area contributed by atoms with Gasteiger partial charge in [-0.1, -0.05) is 42.5 Å². The number of hydrogen-bond acceptors (Lipinski definition) is 2. The summed E-state index contributed by atoms with van der Waals surface area (Å²) in [6.07, 6.45) is 9.43. The van der Waals surface area contributed by atoms with Gasteiger partial charge >= 0.3 is 0 Å². The van der Waals surface area contributed by atoms with Gasteiger partial charge in [0.25, 0.3) is 0 Å². The second-order valence-electron chi connectivity index (χ2n) is 5.14. The van der Waals surface area contributed by atoms with E-state index in [9.17, 15) is 9.90 Å². The number of hydrogen-bond donors (Lipinski definition) is 2. The summed E-state index contributed by atoms with van der Waals surface area (Å²) in [6.45, 7) is 2.15. The number of rotatable bonds is 4. The zero-order chi connectivity index (χ0) is 14.4. The van der Waals surface area contributed by atoms with Gasteiger partial charge in [0.15, 0.2) is 0 Å². The lowest BCUT2D eigenvalue weighted by molar-refractivity contribution is -0.118. The van der Waals surface area contributed by atoms with Crippen LogP contribution in [0, 0.1) is 0 Å². The zero-order valence-corrected chi connectivity index (χ0v) is 11.8. The van der Waals surface area contributed by atoms with Gasteiger partial charge in [-0.2, -0.15) is 0 Å². The first-order valence-corrected chi connectivity index (χ1v) is 7.04. The lowest BCUT2D eigenvalue weighted by atomic mass is 9.79. The normalized spacial score (nSPS) is 22.1. The number of carbonyl (C=O) groups is 1. The van der Waals surface area contributed by atoms with E-state index in [0.717, 1.165) is 18.4 Å². The van der Waals surface area contributed by atoms with Crippen LogP contribution >= 0.6 is 0 Å². The van der Waals surface area contributed by atoms with E-state index in [0.29, 0.717) is 6.42 Å². The summed E-state index contributed by atoms with van der Waals surface area (Å²) in [7, 11) is 0. The molecule has 1 amide bonds. The molecule has 20 heavy (non-hydrogen) atoms. The van der Waals surface area contributed by atoms with Crippen molar-refractivity contribution in [1.82, 2.24) is 5.32 Å². The highest BCUT2D eigenvalue weighted by molar-refractivity contribution is 5.87. The molecule has 1 unspecified atom stereocenters. The molecule has 0 spiro atoms. The molecule has 0 aromatic heterocycles. The molecule has 3 heteroatoms. The summed E-state index contributed by atoms with van der Waals surface area (Å²) in [5, 5.41) is 13.6. The van der Waals surface area contributed by atoms with E-state index in [2.05, 4.69) is 5.32 Å². The molecule has 1 aromatic rings. The highest BCUT2D eigenvalue weighted by Gasteiger charge is 2.34. The maximum atomic E-state index is 11.7. The molecular formula is C17H21NO2. The average molecular weight is 271 g/mol. The molecule has 2 N–H and O–H groups in total. The molecule has 1 aromatic carbocycles. The van der Waals surface area contributed by atoms with Crippen LogP contribution in [-0.2, 0) is 16.8 Å². The standard InChI is InChI=1S/C17H21NO2/c1-2-3-4-11-16(19)18-13-17(20)12-7-9-14-8-5-6-10-15(14)17/h2-6,8,10-11,20H,7,9,12-13H2,1H3,(H,18,19). The largest absolute Gasteiger partial charge is 0.383 e. The maximum absolute atomic E-state index is 11.7. The molecule has 0 saturated carbocycles. The Morgan fingerprint density at radius 2 is 2.20 bits per heavy atom. The zero-order valence-electron chi connectivity index (χ0n) is 11.8. The molecule has 0 bridgehead atoms. The fourth-order valence-electron chi connectivity index (χ4n) is 2.63. The minimum Gasteiger partial charge on any atom is -0.383 e.